The molecule has 1 unspecified atom stereocenters. The average molecular weight is 562 g/mol. The molecule has 2 heterocycles. The van der Waals surface area contributed by atoms with Crippen LogP contribution in [0.25, 0.3) is 0 Å². The number of aromatic nitrogens is 1. The number of piperazine rings is 1. The number of β-amino-alcohol motifs (C(OH)–C–C–N with tert-alkyl or cyclic N) is 1. The normalized spacial score (nSPS) is 14.9. The molecular weight excluding hydrogens is 531 g/mol. The van der Waals surface area contributed by atoms with Gasteiger partial charge in [-0.1, -0.05) is 47.1 Å². The van der Waals surface area contributed by atoms with Crippen LogP contribution in [0.3, 0.4) is 0 Å². The second-order valence-corrected chi connectivity index (χ2v) is 10.5. The van der Waals surface area contributed by atoms with E-state index in [2.05, 4.69) is 26.2 Å². The van der Waals surface area contributed by atoms with Crippen LogP contribution >= 0.6 is 35.0 Å². The van der Waals surface area contributed by atoms with Crippen LogP contribution in [0.5, 0.6) is 5.75 Å². The molecule has 37 heavy (non-hydrogen) atoms. The molecule has 3 aromatic rings. The Hall–Kier alpha value is -2.49. The predicted molar refractivity (Wildman–Crippen MR) is 149 cm³/mol. The molecule has 10 heteroatoms. The van der Waals surface area contributed by atoms with Gasteiger partial charge < -0.3 is 20.1 Å². The summed E-state index contributed by atoms with van der Waals surface area (Å²) in [6.07, 6.45) is 0.951. The lowest BCUT2D eigenvalue weighted by Gasteiger charge is -2.37. The summed E-state index contributed by atoms with van der Waals surface area (Å²) in [4.78, 5) is 22.6. The Morgan fingerprint density at radius 3 is 2.65 bits per heavy atom. The highest BCUT2D eigenvalue weighted by Crippen LogP contribution is 2.33. The summed E-state index contributed by atoms with van der Waals surface area (Å²) in [5.74, 6) is 0.611. The summed E-state index contributed by atoms with van der Waals surface area (Å²) in [6, 6.07) is 16.8. The van der Waals surface area contributed by atoms with E-state index in [4.69, 9.17) is 27.9 Å². The quantitative estimate of drug-likeness (QED) is 0.367. The molecule has 0 spiro atoms. The van der Waals surface area contributed by atoms with Crippen molar-refractivity contribution >= 4 is 46.6 Å². The first-order valence-corrected chi connectivity index (χ1v) is 13.7. The molecule has 1 aromatic heterocycles. The number of aliphatic hydroxyl groups excluding tert-OH is 1. The molecule has 0 saturated carbocycles. The van der Waals surface area contributed by atoms with Crippen molar-refractivity contribution < 1.29 is 14.6 Å². The predicted octanol–water partition coefficient (Wildman–Crippen LogP) is 4.85. The molecular formula is C27H30Cl2N4O3S. The minimum atomic E-state index is -0.686. The minimum absolute atomic E-state index is 0.151. The Labute approximate surface area is 231 Å². The number of nitrogens with zero attached hydrogens (tertiary/aromatic N) is 3. The maximum Gasteiger partial charge on any atom is 0.254 e. The molecule has 0 aliphatic carbocycles. The van der Waals surface area contributed by atoms with Gasteiger partial charge in [0.25, 0.3) is 5.91 Å². The monoisotopic (exact) mass is 560 g/mol. The number of rotatable bonds is 10. The van der Waals surface area contributed by atoms with E-state index < -0.39 is 6.10 Å². The van der Waals surface area contributed by atoms with Gasteiger partial charge in [0.05, 0.1) is 34.0 Å². The summed E-state index contributed by atoms with van der Waals surface area (Å²) < 4.78 is 5.77. The largest absolute Gasteiger partial charge is 0.492 e. The van der Waals surface area contributed by atoms with Gasteiger partial charge >= 0.3 is 0 Å². The Morgan fingerprint density at radius 2 is 1.89 bits per heavy atom. The van der Waals surface area contributed by atoms with E-state index in [0.29, 0.717) is 33.8 Å². The number of ether oxygens (including phenoxy) is 1. The highest BCUT2D eigenvalue weighted by molar-refractivity contribution is 7.99. The molecule has 1 aliphatic heterocycles. The van der Waals surface area contributed by atoms with Crippen molar-refractivity contribution in [2.45, 2.75) is 22.9 Å². The standard InChI is InChI=1S/C27H30Cl2N4O3S/c1-2-36-25-8-4-3-7-24(25)33-14-12-32(13-15-33)18-19(34)17-31-26(35)21-6-5-11-30-27(21)37-20-9-10-22(28)23(29)16-20/h3-11,16,19,34H,2,12-15,17-18H2,1H3,(H,31,35). The van der Waals surface area contributed by atoms with Gasteiger partial charge in [-0.2, -0.15) is 0 Å². The van der Waals surface area contributed by atoms with Crippen LogP contribution in [-0.4, -0.2) is 72.9 Å². The zero-order valence-corrected chi connectivity index (χ0v) is 22.9. The van der Waals surface area contributed by atoms with Crippen LogP contribution in [-0.2, 0) is 0 Å². The highest BCUT2D eigenvalue weighted by Gasteiger charge is 2.22. The van der Waals surface area contributed by atoms with Crippen molar-refractivity contribution in [2.24, 2.45) is 0 Å². The molecule has 1 atom stereocenters. The molecule has 2 N–H and O–H groups in total. The summed E-state index contributed by atoms with van der Waals surface area (Å²) >= 11 is 13.5. The van der Waals surface area contributed by atoms with Crippen molar-refractivity contribution in [1.29, 1.82) is 0 Å². The molecule has 0 radical (unpaired) electrons. The second kappa shape index (κ2) is 13.3. The number of para-hydroxylation sites is 2. The Morgan fingerprint density at radius 1 is 1.11 bits per heavy atom. The number of carbonyl (C=O) groups excluding carboxylic acids is 1. The molecule has 1 amide bonds. The van der Waals surface area contributed by atoms with Crippen LogP contribution in [0, 0.1) is 0 Å². The zero-order chi connectivity index (χ0) is 26.2. The number of carbonyl (C=O) groups is 1. The Kier molecular flexibility index (Phi) is 9.94. The van der Waals surface area contributed by atoms with Gasteiger partial charge in [-0.05, 0) is 49.4 Å². The molecule has 196 valence electrons. The number of anilines is 1. The van der Waals surface area contributed by atoms with Gasteiger partial charge in [0.15, 0.2) is 0 Å². The van der Waals surface area contributed by atoms with E-state index in [-0.39, 0.29) is 12.5 Å². The van der Waals surface area contributed by atoms with Gasteiger partial charge in [0, 0.05) is 50.4 Å². The third kappa shape index (κ3) is 7.52. The first-order valence-electron chi connectivity index (χ1n) is 12.2. The molecule has 1 aliphatic rings. The van der Waals surface area contributed by atoms with E-state index in [1.54, 1.807) is 30.5 Å². The molecule has 2 aromatic carbocycles. The number of benzene rings is 2. The maximum absolute atomic E-state index is 12.9. The third-order valence-corrected chi connectivity index (χ3v) is 7.71. The van der Waals surface area contributed by atoms with Crippen LogP contribution in [0.15, 0.2) is 70.7 Å². The fourth-order valence-electron chi connectivity index (χ4n) is 4.13. The molecule has 0 bridgehead atoms. The van der Waals surface area contributed by atoms with Crippen LogP contribution in [0.1, 0.15) is 17.3 Å². The average Bonchev–Trinajstić information content (AvgIpc) is 2.91. The third-order valence-electron chi connectivity index (χ3n) is 5.97. The van der Waals surface area contributed by atoms with E-state index >= 15 is 0 Å². The van der Waals surface area contributed by atoms with E-state index in [1.165, 1.54) is 11.8 Å². The number of halogens is 2. The Balaban J connectivity index is 1.27. The van der Waals surface area contributed by atoms with E-state index in [0.717, 1.165) is 42.5 Å². The SMILES string of the molecule is CCOc1ccccc1N1CCN(CC(O)CNC(=O)c2cccnc2Sc2ccc(Cl)c(Cl)c2)CC1. The first-order chi connectivity index (χ1) is 17.9. The lowest BCUT2D eigenvalue weighted by atomic mass is 10.2. The van der Waals surface area contributed by atoms with Crippen molar-refractivity contribution in [3.63, 3.8) is 0 Å². The van der Waals surface area contributed by atoms with Gasteiger partial charge in [-0.25, -0.2) is 4.98 Å². The minimum Gasteiger partial charge on any atom is -0.492 e. The number of pyridine rings is 1. The topological polar surface area (TPSA) is 77.9 Å². The summed E-state index contributed by atoms with van der Waals surface area (Å²) in [5.41, 5.74) is 1.54. The van der Waals surface area contributed by atoms with E-state index in [1.807, 2.05) is 31.2 Å². The van der Waals surface area contributed by atoms with Gasteiger partial charge in [0.2, 0.25) is 0 Å². The molecule has 4 rings (SSSR count). The number of hydrogen-bond donors (Lipinski definition) is 2. The van der Waals surface area contributed by atoms with E-state index in [9.17, 15) is 9.90 Å². The van der Waals surface area contributed by atoms with Crippen molar-refractivity contribution in [3.8, 4) is 5.75 Å². The van der Waals surface area contributed by atoms with Gasteiger partial charge in [-0.15, -0.1) is 0 Å². The molecule has 1 saturated heterocycles. The molecule has 1 fully saturated rings. The highest BCUT2D eigenvalue weighted by atomic mass is 35.5. The summed E-state index contributed by atoms with van der Waals surface area (Å²) in [7, 11) is 0. The van der Waals surface area contributed by atoms with Crippen molar-refractivity contribution in [3.05, 3.63) is 76.4 Å². The fourth-order valence-corrected chi connectivity index (χ4v) is 5.42. The van der Waals surface area contributed by atoms with Crippen LogP contribution in [0.2, 0.25) is 10.0 Å². The van der Waals surface area contributed by atoms with Crippen LogP contribution in [0.4, 0.5) is 5.69 Å². The van der Waals surface area contributed by atoms with Gasteiger partial charge in [-0.3, -0.25) is 9.69 Å². The first kappa shape index (κ1) is 27.5. The zero-order valence-electron chi connectivity index (χ0n) is 20.6. The van der Waals surface area contributed by atoms with Gasteiger partial charge in [0.1, 0.15) is 10.8 Å². The Bertz CT molecular complexity index is 1210. The molecule has 7 nitrogen and oxygen atoms in total. The van der Waals surface area contributed by atoms with Crippen molar-refractivity contribution in [1.82, 2.24) is 15.2 Å². The number of hydrogen-bond acceptors (Lipinski definition) is 7. The smallest absolute Gasteiger partial charge is 0.254 e. The number of amides is 1. The van der Waals surface area contributed by atoms with Crippen molar-refractivity contribution in [2.75, 3.05) is 50.8 Å². The number of nitrogens with one attached hydrogen (secondary N) is 1. The number of aliphatic hydroxyl groups is 1. The lowest BCUT2D eigenvalue weighted by Crippen LogP contribution is -2.50. The lowest BCUT2D eigenvalue weighted by molar-refractivity contribution is 0.0848. The maximum atomic E-state index is 12.9. The summed E-state index contributed by atoms with van der Waals surface area (Å²) in [6.45, 7) is 6.57. The summed E-state index contributed by atoms with van der Waals surface area (Å²) in [5, 5.41) is 14.9. The second-order valence-electron chi connectivity index (χ2n) is 8.59. The fraction of sp³-hybridized carbons (Fsp3) is 0.333. The van der Waals surface area contributed by atoms with Crippen LogP contribution < -0.4 is 15.0 Å².